The standard InChI is InChI=1S/C25H23BrN4O4S/c1-15-23-21(25(31)27-18-7-5-17(26)6-8-18)13-22(16-3-9-20(34-2)10-4-16)28-24(23)30(29-15)19-11-12-35(32,33)14-19/h3-10,13,19H,11-12,14H2,1-2H3,(H,27,31). The molecular formula is C25H23BrN4O4S. The topological polar surface area (TPSA) is 103 Å². The Labute approximate surface area is 211 Å². The van der Waals surface area contributed by atoms with Crippen molar-refractivity contribution in [2.24, 2.45) is 0 Å². The van der Waals surface area contributed by atoms with Crippen LogP contribution in [0.3, 0.4) is 0 Å². The highest BCUT2D eigenvalue weighted by molar-refractivity contribution is 9.10. The molecule has 0 aliphatic carbocycles. The molecule has 3 heterocycles. The minimum atomic E-state index is -3.13. The van der Waals surface area contributed by atoms with Crippen molar-refractivity contribution >= 4 is 48.4 Å². The van der Waals surface area contributed by atoms with Crippen LogP contribution < -0.4 is 10.1 Å². The van der Waals surface area contributed by atoms with Crippen LogP contribution in [0, 0.1) is 6.92 Å². The average Bonchev–Trinajstić information content (AvgIpc) is 3.38. The molecule has 0 saturated carbocycles. The van der Waals surface area contributed by atoms with Crippen LogP contribution in [0.15, 0.2) is 59.1 Å². The van der Waals surface area contributed by atoms with Gasteiger partial charge in [-0.25, -0.2) is 18.1 Å². The fourth-order valence-electron chi connectivity index (χ4n) is 4.36. The molecule has 180 valence electrons. The predicted molar refractivity (Wildman–Crippen MR) is 139 cm³/mol. The zero-order valence-electron chi connectivity index (χ0n) is 19.2. The number of anilines is 1. The maximum Gasteiger partial charge on any atom is 0.256 e. The number of pyridine rings is 1. The lowest BCUT2D eigenvalue weighted by molar-refractivity contribution is 0.102. The number of ether oxygens (including phenoxy) is 1. The molecule has 1 amide bonds. The maximum atomic E-state index is 13.5. The zero-order chi connectivity index (χ0) is 24.7. The van der Waals surface area contributed by atoms with Gasteiger partial charge in [0.05, 0.1) is 47.0 Å². The number of methoxy groups -OCH3 is 1. The minimum Gasteiger partial charge on any atom is -0.497 e. The van der Waals surface area contributed by atoms with Crippen LogP contribution in [0.5, 0.6) is 5.75 Å². The molecule has 1 aliphatic heterocycles. The van der Waals surface area contributed by atoms with Crippen LogP contribution in [-0.2, 0) is 9.84 Å². The second-order valence-corrected chi connectivity index (χ2v) is 11.7. The highest BCUT2D eigenvalue weighted by Crippen LogP contribution is 2.33. The summed E-state index contributed by atoms with van der Waals surface area (Å²) in [5.74, 6) is 0.543. The molecule has 4 aromatic rings. The van der Waals surface area contributed by atoms with Gasteiger partial charge in [-0.3, -0.25) is 4.79 Å². The Morgan fingerprint density at radius 3 is 2.49 bits per heavy atom. The van der Waals surface area contributed by atoms with Crippen molar-refractivity contribution in [2.45, 2.75) is 19.4 Å². The fourth-order valence-corrected chi connectivity index (χ4v) is 6.31. The van der Waals surface area contributed by atoms with Crippen LogP contribution in [0.2, 0.25) is 0 Å². The molecule has 0 bridgehead atoms. The average molecular weight is 555 g/mol. The minimum absolute atomic E-state index is 0.0120. The molecule has 0 radical (unpaired) electrons. The number of hydrogen-bond donors (Lipinski definition) is 1. The Morgan fingerprint density at radius 2 is 1.86 bits per heavy atom. The summed E-state index contributed by atoms with van der Waals surface area (Å²) in [6.45, 7) is 1.81. The lowest BCUT2D eigenvalue weighted by Gasteiger charge is -2.13. The first-order chi connectivity index (χ1) is 16.7. The van der Waals surface area contributed by atoms with Crippen molar-refractivity contribution in [2.75, 3.05) is 23.9 Å². The van der Waals surface area contributed by atoms with Gasteiger partial charge >= 0.3 is 0 Å². The third-order valence-electron chi connectivity index (χ3n) is 6.12. The highest BCUT2D eigenvalue weighted by Gasteiger charge is 2.32. The molecule has 2 aromatic carbocycles. The van der Waals surface area contributed by atoms with E-state index in [1.807, 2.05) is 55.5 Å². The molecule has 35 heavy (non-hydrogen) atoms. The predicted octanol–water partition coefficient (Wildman–Crippen LogP) is 4.79. The molecule has 1 N–H and O–H groups in total. The normalized spacial score (nSPS) is 16.9. The summed E-state index contributed by atoms with van der Waals surface area (Å²) >= 11 is 3.40. The summed E-state index contributed by atoms with van der Waals surface area (Å²) in [4.78, 5) is 18.3. The van der Waals surface area contributed by atoms with E-state index in [2.05, 4.69) is 26.3 Å². The van der Waals surface area contributed by atoms with Crippen LogP contribution in [-0.4, -0.2) is 47.7 Å². The Hall–Kier alpha value is -3.24. The van der Waals surface area contributed by atoms with E-state index in [1.54, 1.807) is 17.9 Å². The van der Waals surface area contributed by atoms with E-state index in [-0.39, 0.29) is 23.5 Å². The number of fused-ring (bicyclic) bond motifs is 1. The number of nitrogens with zero attached hydrogens (tertiary/aromatic N) is 3. The van der Waals surface area contributed by atoms with Crippen LogP contribution in [0.25, 0.3) is 22.3 Å². The SMILES string of the molecule is COc1ccc(-c2cc(C(=O)Nc3ccc(Br)cc3)c3c(C)nn(C4CCS(=O)(=O)C4)c3n2)cc1. The lowest BCUT2D eigenvalue weighted by Crippen LogP contribution is -2.15. The van der Waals surface area contributed by atoms with E-state index >= 15 is 0 Å². The third-order valence-corrected chi connectivity index (χ3v) is 8.40. The number of carbonyl (C=O) groups excluding carboxylic acids is 1. The number of aromatic nitrogens is 3. The number of benzene rings is 2. The van der Waals surface area contributed by atoms with Crippen LogP contribution >= 0.6 is 15.9 Å². The second kappa shape index (κ2) is 9.09. The fraction of sp³-hybridized carbons (Fsp3) is 0.240. The van der Waals surface area contributed by atoms with Crippen molar-refractivity contribution < 1.29 is 17.9 Å². The van der Waals surface area contributed by atoms with Crippen molar-refractivity contribution in [3.05, 3.63) is 70.3 Å². The molecule has 1 unspecified atom stereocenters. The van der Waals surface area contributed by atoms with Crippen molar-refractivity contribution in [1.29, 1.82) is 0 Å². The summed E-state index contributed by atoms with van der Waals surface area (Å²) in [5.41, 5.74) is 3.59. The molecule has 10 heteroatoms. The molecular weight excluding hydrogens is 532 g/mol. The smallest absolute Gasteiger partial charge is 0.256 e. The van der Waals surface area contributed by atoms with Crippen molar-refractivity contribution in [3.8, 4) is 17.0 Å². The summed E-state index contributed by atoms with van der Waals surface area (Å²) in [6.07, 6.45) is 0.466. The number of amides is 1. The van der Waals surface area contributed by atoms with E-state index in [0.29, 0.717) is 45.8 Å². The molecule has 1 saturated heterocycles. The van der Waals surface area contributed by atoms with E-state index in [1.165, 1.54) is 0 Å². The number of nitrogens with one attached hydrogen (secondary N) is 1. The molecule has 0 spiro atoms. The Bertz CT molecular complexity index is 1530. The van der Waals surface area contributed by atoms with Gasteiger partial charge in [0, 0.05) is 15.7 Å². The van der Waals surface area contributed by atoms with Gasteiger partial charge in [-0.15, -0.1) is 0 Å². The summed E-state index contributed by atoms with van der Waals surface area (Å²) in [6, 6.07) is 16.2. The van der Waals surface area contributed by atoms with Gasteiger partial charge in [0.15, 0.2) is 15.5 Å². The number of aryl methyl sites for hydroxylation is 1. The van der Waals surface area contributed by atoms with E-state index in [9.17, 15) is 13.2 Å². The largest absolute Gasteiger partial charge is 0.497 e. The van der Waals surface area contributed by atoms with Crippen LogP contribution in [0.4, 0.5) is 5.69 Å². The molecule has 1 fully saturated rings. The first-order valence-corrected chi connectivity index (χ1v) is 13.7. The van der Waals surface area contributed by atoms with Gasteiger partial charge in [0.2, 0.25) is 0 Å². The van der Waals surface area contributed by atoms with E-state index < -0.39 is 9.84 Å². The van der Waals surface area contributed by atoms with Gasteiger partial charge in [-0.2, -0.15) is 5.10 Å². The summed E-state index contributed by atoms with van der Waals surface area (Å²) < 4.78 is 32.2. The maximum absolute atomic E-state index is 13.5. The van der Waals surface area contributed by atoms with Gasteiger partial charge in [0.25, 0.3) is 5.91 Å². The first kappa shape index (κ1) is 23.5. The summed E-state index contributed by atoms with van der Waals surface area (Å²) in [7, 11) is -1.53. The molecule has 5 rings (SSSR count). The monoisotopic (exact) mass is 554 g/mol. The summed E-state index contributed by atoms with van der Waals surface area (Å²) in [5, 5.41) is 8.21. The Balaban J connectivity index is 1.66. The second-order valence-electron chi connectivity index (χ2n) is 8.53. The van der Waals surface area contributed by atoms with Gasteiger partial charge in [-0.1, -0.05) is 15.9 Å². The Morgan fingerprint density at radius 1 is 1.14 bits per heavy atom. The third kappa shape index (κ3) is 4.68. The number of sulfone groups is 1. The molecule has 1 atom stereocenters. The lowest BCUT2D eigenvalue weighted by atomic mass is 10.0. The van der Waals surface area contributed by atoms with Gasteiger partial charge in [-0.05, 0) is 67.9 Å². The van der Waals surface area contributed by atoms with Crippen molar-refractivity contribution in [1.82, 2.24) is 14.8 Å². The number of carbonyl (C=O) groups is 1. The highest BCUT2D eigenvalue weighted by atomic mass is 79.9. The van der Waals surface area contributed by atoms with E-state index in [4.69, 9.17) is 9.72 Å². The van der Waals surface area contributed by atoms with Crippen molar-refractivity contribution in [3.63, 3.8) is 0 Å². The Kier molecular flexibility index (Phi) is 6.10. The van der Waals surface area contributed by atoms with Crippen LogP contribution in [0.1, 0.15) is 28.5 Å². The number of rotatable bonds is 5. The number of hydrogen-bond acceptors (Lipinski definition) is 6. The van der Waals surface area contributed by atoms with Gasteiger partial charge in [0.1, 0.15) is 5.75 Å². The number of halogens is 1. The molecule has 8 nitrogen and oxygen atoms in total. The molecule has 1 aliphatic rings. The first-order valence-electron chi connectivity index (χ1n) is 11.1. The quantitative estimate of drug-likeness (QED) is 0.380. The molecule has 2 aromatic heterocycles. The van der Waals surface area contributed by atoms with E-state index in [0.717, 1.165) is 10.0 Å². The zero-order valence-corrected chi connectivity index (χ0v) is 21.6. The van der Waals surface area contributed by atoms with Gasteiger partial charge < -0.3 is 10.1 Å².